The third-order valence-corrected chi connectivity index (χ3v) is 3.48. The predicted octanol–water partition coefficient (Wildman–Crippen LogP) is -0.0291. The van der Waals surface area contributed by atoms with Crippen LogP contribution in [0.15, 0.2) is 24.3 Å². The Labute approximate surface area is 125 Å². The Kier molecular flexibility index (Phi) is 5.98. The van der Waals surface area contributed by atoms with Gasteiger partial charge >= 0.3 is 0 Å². The van der Waals surface area contributed by atoms with Crippen molar-refractivity contribution in [3.05, 3.63) is 29.8 Å². The first-order valence-corrected chi connectivity index (χ1v) is 7.15. The number of nitrogens with two attached hydrogens (primary N) is 1. The standard InChI is InChI=1S/C15H23N3O3/c1-20-13-4-2-3-12(7-13)9-17-15(19)11-18-5-6-21-14(8-16)10-18/h2-4,7,14H,5-6,8-11,16H2,1H3,(H,17,19). The minimum atomic E-state index is 0.00971. The first kappa shape index (κ1) is 15.8. The second-order valence-electron chi connectivity index (χ2n) is 5.09. The molecule has 21 heavy (non-hydrogen) atoms. The molecule has 0 bridgehead atoms. The van der Waals surface area contributed by atoms with Gasteiger partial charge in [-0.05, 0) is 17.7 Å². The number of benzene rings is 1. The molecular weight excluding hydrogens is 270 g/mol. The van der Waals surface area contributed by atoms with E-state index in [1.165, 1.54) is 0 Å². The summed E-state index contributed by atoms with van der Waals surface area (Å²) in [5.74, 6) is 0.802. The first-order chi connectivity index (χ1) is 10.2. The number of hydrogen-bond acceptors (Lipinski definition) is 5. The summed E-state index contributed by atoms with van der Waals surface area (Å²) in [6.07, 6.45) is 0.0323. The lowest BCUT2D eigenvalue weighted by Crippen LogP contribution is -2.48. The van der Waals surface area contributed by atoms with Crippen molar-refractivity contribution in [3.8, 4) is 5.75 Å². The molecule has 0 saturated carbocycles. The van der Waals surface area contributed by atoms with Crippen molar-refractivity contribution in [2.45, 2.75) is 12.6 Å². The molecule has 2 rings (SSSR count). The van der Waals surface area contributed by atoms with E-state index in [0.717, 1.165) is 17.9 Å². The van der Waals surface area contributed by atoms with Gasteiger partial charge in [0.1, 0.15) is 5.75 Å². The minimum Gasteiger partial charge on any atom is -0.497 e. The molecule has 1 aliphatic rings. The number of rotatable bonds is 6. The molecule has 3 N–H and O–H groups in total. The maximum absolute atomic E-state index is 12.0. The van der Waals surface area contributed by atoms with E-state index >= 15 is 0 Å². The van der Waals surface area contributed by atoms with Gasteiger partial charge in [-0.25, -0.2) is 0 Å². The summed E-state index contributed by atoms with van der Waals surface area (Å²) in [6, 6.07) is 7.67. The van der Waals surface area contributed by atoms with Crippen LogP contribution in [-0.2, 0) is 16.1 Å². The third-order valence-electron chi connectivity index (χ3n) is 3.48. The second-order valence-corrected chi connectivity index (χ2v) is 5.09. The monoisotopic (exact) mass is 293 g/mol. The molecule has 1 amide bonds. The molecule has 1 aromatic rings. The Morgan fingerprint density at radius 2 is 2.43 bits per heavy atom. The highest BCUT2D eigenvalue weighted by molar-refractivity contribution is 5.78. The highest BCUT2D eigenvalue weighted by Gasteiger charge is 2.20. The molecule has 1 saturated heterocycles. The van der Waals surface area contributed by atoms with Gasteiger partial charge in [-0.1, -0.05) is 12.1 Å². The first-order valence-electron chi connectivity index (χ1n) is 7.15. The molecule has 1 fully saturated rings. The molecule has 6 heteroatoms. The molecule has 1 aromatic carbocycles. The molecular formula is C15H23N3O3. The summed E-state index contributed by atoms with van der Waals surface area (Å²) >= 11 is 0. The molecule has 1 atom stereocenters. The summed E-state index contributed by atoms with van der Waals surface area (Å²) in [5, 5.41) is 2.92. The zero-order chi connectivity index (χ0) is 15.1. The van der Waals surface area contributed by atoms with Crippen LogP contribution >= 0.6 is 0 Å². The van der Waals surface area contributed by atoms with E-state index in [2.05, 4.69) is 10.2 Å². The summed E-state index contributed by atoms with van der Waals surface area (Å²) in [7, 11) is 1.63. The average molecular weight is 293 g/mol. The number of nitrogens with zero attached hydrogens (tertiary/aromatic N) is 1. The molecule has 0 aromatic heterocycles. The molecule has 0 aliphatic carbocycles. The van der Waals surface area contributed by atoms with Crippen molar-refractivity contribution in [3.63, 3.8) is 0 Å². The Morgan fingerprint density at radius 1 is 1.57 bits per heavy atom. The van der Waals surface area contributed by atoms with Gasteiger partial charge < -0.3 is 20.5 Å². The Morgan fingerprint density at radius 3 is 3.19 bits per heavy atom. The number of amides is 1. The Hall–Kier alpha value is -1.63. The van der Waals surface area contributed by atoms with Crippen LogP contribution in [-0.4, -0.2) is 56.8 Å². The van der Waals surface area contributed by atoms with E-state index in [4.69, 9.17) is 15.2 Å². The zero-order valence-corrected chi connectivity index (χ0v) is 12.4. The van der Waals surface area contributed by atoms with E-state index in [-0.39, 0.29) is 12.0 Å². The van der Waals surface area contributed by atoms with Gasteiger partial charge in [0, 0.05) is 26.2 Å². The lowest BCUT2D eigenvalue weighted by Gasteiger charge is -2.31. The van der Waals surface area contributed by atoms with Gasteiger partial charge in [0.15, 0.2) is 0 Å². The van der Waals surface area contributed by atoms with Crippen LogP contribution in [0.4, 0.5) is 0 Å². The predicted molar refractivity (Wildman–Crippen MR) is 80.1 cm³/mol. The van der Waals surface area contributed by atoms with Crippen LogP contribution in [0.5, 0.6) is 5.75 Å². The number of carbonyl (C=O) groups is 1. The smallest absolute Gasteiger partial charge is 0.234 e. The lowest BCUT2D eigenvalue weighted by molar-refractivity contribution is -0.124. The normalized spacial score (nSPS) is 19.2. The quantitative estimate of drug-likeness (QED) is 0.770. The number of nitrogens with one attached hydrogen (secondary N) is 1. The van der Waals surface area contributed by atoms with E-state index in [1.54, 1.807) is 7.11 Å². The summed E-state index contributed by atoms with van der Waals surface area (Å²) < 4.78 is 10.6. The van der Waals surface area contributed by atoms with Crippen molar-refractivity contribution in [2.75, 3.05) is 39.9 Å². The van der Waals surface area contributed by atoms with Crippen LogP contribution < -0.4 is 15.8 Å². The van der Waals surface area contributed by atoms with Gasteiger partial charge in [-0.2, -0.15) is 0 Å². The number of ether oxygens (including phenoxy) is 2. The molecule has 1 aliphatic heterocycles. The minimum absolute atomic E-state index is 0.00971. The highest BCUT2D eigenvalue weighted by Crippen LogP contribution is 2.12. The average Bonchev–Trinajstić information content (AvgIpc) is 2.53. The fourth-order valence-corrected chi connectivity index (χ4v) is 2.31. The fraction of sp³-hybridized carbons (Fsp3) is 0.533. The lowest BCUT2D eigenvalue weighted by atomic mass is 10.2. The SMILES string of the molecule is COc1cccc(CNC(=O)CN2CCOC(CN)C2)c1. The van der Waals surface area contributed by atoms with Crippen molar-refractivity contribution in [2.24, 2.45) is 5.73 Å². The maximum Gasteiger partial charge on any atom is 0.234 e. The van der Waals surface area contributed by atoms with Crippen molar-refractivity contribution in [1.82, 2.24) is 10.2 Å². The molecule has 0 radical (unpaired) electrons. The topological polar surface area (TPSA) is 76.8 Å². The van der Waals surface area contributed by atoms with Crippen LogP contribution in [0.25, 0.3) is 0 Å². The van der Waals surface area contributed by atoms with Crippen molar-refractivity contribution < 1.29 is 14.3 Å². The molecule has 116 valence electrons. The van der Waals surface area contributed by atoms with Gasteiger partial charge in [0.25, 0.3) is 0 Å². The second kappa shape index (κ2) is 7.97. The van der Waals surface area contributed by atoms with Crippen LogP contribution in [0.1, 0.15) is 5.56 Å². The Balaban J connectivity index is 1.76. The summed E-state index contributed by atoms with van der Waals surface area (Å²) in [5.41, 5.74) is 6.61. The van der Waals surface area contributed by atoms with E-state index in [9.17, 15) is 4.79 Å². The zero-order valence-electron chi connectivity index (χ0n) is 12.4. The third kappa shape index (κ3) is 5.00. The van der Waals surface area contributed by atoms with E-state index in [1.807, 2.05) is 24.3 Å². The van der Waals surface area contributed by atoms with Crippen molar-refractivity contribution >= 4 is 5.91 Å². The molecule has 6 nitrogen and oxygen atoms in total. The van der Waals surface area contributed by atoms with Gasteiger partial charge in [-0.15, -0.1) is 0 Å². The highest BCUT2D eigenvalue weighted by atomic mass is 16.5. The van der Waals surface area contributed by atoms with E-state index < -0.39 is 0 Å². The van der Waals surface area contributed by atoms with Gasteiger partial charge in [0.05, 0.1) is 26.4 Å². The summed E-state index contributed by atoms with van der Waals surface area (Å²) in [6.45, 7) is 3.48. The van der Waals surface area contributed by atoms with Gasteiger partial charge in [-0.3, -0.25) is 9.69 Å². The maximum atomic E-state index is 12.0. The van der Waals surface area contributed by atoms with E-state index in [0.29, 0.717) is 32.8 Å². The molecule has 0 spiro atoms. The fourth-order valence-electron chi connectivity index (χ4n) is 2.31. The number of morpholine rings is 1. The van der Waals surface area contributed by atoms with Crippen LogP contribution in [0, 0.1) is 0 Å². The number of hydrogen-bond donors (Lipinski definition) is 2. The molecule has 1 heterocycles. The molecule has 1 unspecified atom stereocenters. The Bertz CT molecular complexity index is 467. The number of carbonyl (C=O) groups excluding carboxylic acids is 1. The van der Waals surface area contributed by atoms with Crippen molar-refractivity contribution in [1.29, 1.82) is 0 Å². The van der Waals surface area contributed by atoms with Gasteiger partial charge in [0.2, 0.25) is 5.91 Å². The van der Waals surface area contributed by atoms with Crippen LogP contribution in [0.2, 0.25) is 0 Å². The summed E-state index contributed by atoms with van der Waals surface area (Å²) in [4.78, 5) is 14.0. The van der Waals surface area contributed by atoms with Crippen LogP contribution in [0.3, 0.4) is 0 Å². The largest absolute Gasteiger partial charge is 0.497 e. The number of methoxy groups -OCH3 is 1.